The first-order chi connectivity index (χ1) is 10.6. The molecule has 2 aromatic heterocycles. The van der Waals surface area contributed by atoms with Gasteiger partial charge in [0.15, 0.2) is 0 Å². The normalized spacial score (nSPS) is 17.1. The van der Waals surface area contributed by atoms with Crippen LogP contribution in [0.3, 0.4) is 0 Å². The summed E-state index contributed by atoms with van der Waals surface area (Å²) in [6, 6.07) is 4.92. The van der Waals surface area contributed by atoms with Crippen molar-refractivity contribution in [3.8, 4) is 0 Å². The zero-order chi connectivity index (χ0) is 15.3. The fourth-order valence-electron chi connectivity index (χ4n) is 2.68. The third-order valence-corrected chi connectivity index (χ3v) is 5.03. The summed E-state index contributed by atoms with van der Waals surface area (Å²) >= 11 is 1.49. The number of hydrogen-bond acceptors (Lipinski definition) is 5. The molecule has 112 valence electrons. The van der Waals surface area contributed by atoms with Crippen molar-refractivity contribution in [2.75, 3.05) is 0 Å². The molecule has 22 heavy (non-hydrogen) atoms. The molecule has 0 amide bonds. The number of rotatable bonds is 2. The minimum absolute atomic E-state index is 0.118. The standard InChI is InChI=1S/C14H12FN5OS/c1-7-12(21)16-13-17-18-14(20(13)19-7)22-11-5-3-8-2-4-9(15)6-10(8)11/h2,4,6,11H,3,5H2,1H3,(H,16,17,21)/t11-/m0/s1. The Morgan fingerprint density at radius 3 is 3.14 bits per heavy atom. The van der Waals surface area contributed by atoms with Gasteiger partial charge in [0, 0.05) is 5.25 Å². The number of thioether (sulfide) groups is 1. The van der Waals surface area contributed by atoms with Gasteiger partial charge in [0.05, 0.1) is 0 Å². The molecule has 0 aliphatic heterocycles. The molecule has 0 unspecified atom stereocenters. The number of fused-ring (bicyclic) bond motifs is 2. The maximum atomic E-state index is 13.5. The number of aromatic nitrogens is 5. The van der Waals surface area contributed by atoms with Gasteiger partial charge in [-0.1, -0.05) is 17.8 Å². The average molecular weight is 317 g/mol. The number of halogens is 1. The summed E-state index contributed by atoms with van der Waals surface area (Å²) in [6.07, 6.45) is 1.84. The maximum Gasteiger partial charge on any atom is 0.273 e. The molecule has 0 saturated carbocycles. The Morgan fingerprint density at radius 1 is 1.41 bits per heavy atom. The molecule has 6 nitrogen and oxygen atoms in total. The SMILES string of the molecule is Cc1nn2c(S[C@H]3CCc4ccc(F)cc43)nnc2[nH]c1=O. The van der Waals surface area contributed by atoms with E-state index < -0.39 is 0 Å². The van der Waals surface area contributed by atoms with E-state index in [-0.39, 0.29) is 16.6 Å². The molecule has 1 N–H and O–H groups in total. The van der Waals surface area contributed by atoms with Crippen LogP contribution in [-0.4, -0.2) is 24.8 Å². The molecule has 0 radical (unpaired) electrons. The van der Waals surface area contributed by atoms with Crippen LogP contribution in [0.4, 0.5) is 4.39 Å². The van der Waals surface area contributed by atoms with Gasteiger partial charge in [-0.25, -0.2) is 4.39 Å². The van der Waals surface area contributed by atoms with E-state index in [2.05, 4.69) is 20.3 Å². The molecule has 3 aromatic rings. The second-order valence-corrected chi connectivity index (χ2v) is 6.42. The zero-order valence-corrected chi connectivity index (χ0v) is 12.5. The molecule has 2 heterocycles. The molecule has 1 atom stereocenters. The molecule has 4 rings (SSSR count). The van der Waals surface area contributed by atoms with E-state index in [9.17, 15) is 9.18 Å². The second-order valence-electron chi connectivity index (χ2n) is 5.25. The highest BCUT2D eigenvalue weighted by molar-refractivity contribution is 7.99. The summed E-state index contributed by atoms with van der Waals surface area (Å²) in [5, 5.41) is 12.9. The number of benzene rings is 1. The molecule has 0 fully saturated rings. The van der Waals surface area contributed by atoms with Crippen molar-refractivity contribution in [3.63, 3.8) is 0 Å². The van der Waals surface area contributed by atoms with Crippen LogP contribution in [0.2, 0.25) is 0 Å². The molecule has 0 bridgehead atoms. The van der Waals surface area contributed by atoms with Crippen molar-refractivity contribution >= 4 is 17.5 Å². The molecule has 0 spiro atoms. The summed E-state index contributed by atoms with van der Waals surface area (Å²) in [6.45, 7) is 1.63. The lowest BCUT2D eigenvalue weighted by atomic mass is 10.1. The lowest BCUT2D eigenvalue weighted by Crippen LogP contribution is -2.15. The fraction of sp³-hybridized carbons (Fsp3) is 0.286. The van der Waals surface area contributed by atoms with Gasteiger partial charge in [-0.2, -0.15) is 9.61 Å². The maximum absolute atomic E-state index is 13.5. The van der Waals surface area contributed by atoms with E-state index in [0.717, 1.165) is 18.4 Å². The van der Waals surface area contributed by atoms with Gasteiger partial charge in [-0.15, -0.1) is 10.2 Å². The fourth-order valence-corrected chi connectivity index (χ4v) is 3.83. The first kappa shape index (κ1) is 13.4. The van der Waals surface area contributed by atoms with Gasteiger partial charge < -0.3 is 0 Å². The number of aromatic amines is 1. The van der Waals surface area contributed by atoms with Crippen LogP contribution in [0.1, 0.15) is 28.5 Å². The number of aryl methyl sites for hydroxylation is 2. The highest BCUT2D eigenvalue weighted by Crippen LogP contribution is 2.44. The van der Waals surface area contributed by atoms with E-state index in [0.29, 0.717) is 16.6 Å². The molecular formula is C14H12FN5OS. The van der Waals surface area contributed by atoms with Gasteiger partial charge in [0.1, 0.15) is 11.5 Å². The molecule has 8 heteroatoms. The third-order valence-electron chi connectivity index (χ3n) is 3.79. The minimum Gasteiger partial charge on any atom is -0.288 e. The Balaban J connectivity index is 1.73. The summed E-state index contributed by atoms with van der Waals surface area (Å²) in [5.74, 6) is 0.0891. The van der Waals surface area contributed by atoms with Gasteiger partial charge in [0.25, 0.3) is 11.3 Å². The van der Waals surface area contributed by atoms with E-state index in [1.54, 1.807) is 13.0 Å². The molecule has 1 aromatic carbocycles. The Hall–Kier alpha value is -2.22. The summed E-state index contributed by atoms with van der Waals surface area (Å²) < 4.78 is 15.0. The topological polar surface area (TPSA) is 75.9 Å². The van der Waals surface area contributed by atoms with Gasteiger partial charge in [0.2, 0.25) is 5.16 Å². The molecule has 0 saturated heterocycles. The summed E-state index contributed by atoms with van der Waals surface area (Å²) in [4.78, 5) is 14.2. The lowest BCUT2D eigenvalue weighted by molar-refractivity contribution is 0.625. The number of H-pyrrole nitrogens is 1. The number of nitrogens with zero attached hydrogens (tertiary/aromatic N) is 4. The van der Waals surface area contributed by atoms with Crippen molar-refractivity contribution in [2.45, 2.75) is 30.2 Å². The van der Waals surface area contributed by atoms with Gasteiger partial charge in [-0.05, 0) is 43.0 Å². The monoisotopic (exact) mass is 317 g/mol. The van der Waals surface area contributed by atoms with Crippen molar-refractivity contribution in [1.82, 2.24) is 24.8 Å². The Bertz CT molecular complexity index is 935. The second kappa shape index (κ2) is 4.91. The van der Waals surface area contributed by atoms with Gasteiger partial charge >= 0.3 is 0 Å². The highest BCUT2D eigenvalue weighted by atomic mass is 32.2. The van der Waals surface area contributed by atoms with Crippen molar-refractivity contribution in [1.29, 1.82) is 0 Å². The summed E-state index contributed by atoms with van der Waals surface area (Å²) in [7, 11) is 0. The van der Waals surface area contributed by atoms with E-state index in [4.69, 9.17) is 0 Å². The zero-order valence-electron chi connectivity index (χ0n) is 11.7. The van der Waals surface area contributed by atoms with E-state index >= 15 is 0 Å². The van der Waals surface area contributed by atoms with E-state index in [1.807, 2.05) is 6.07 Å². The smallest absolute Gasteiger partial charge is 0.273 e. The van der Waals surface area contributed by atoms with Crippen LogP contribution in [0.5, 0.6) is 0 Å². The van der Waals surface area contributed by atoms with Crippen LogP contribution >= 0.6 is 11.8 Å². The van der Waals surface area contributed by atoms with Crippen LogP contribution in [0, 0.1) is 12.7 Å². The van der Waals surface area contributed by atoms with Crippen molar-refractivity contribution < 1.29 is 4.39 Å². The predicted octanol–water partition coefficient (Wildman–Crippen LogP) is 2.04. The minimum atomic E-state index is -0.273. The number of hydrogen-bond donors (Lipinski definition) is 1. The first-order valence-corrected chi connectivity index (χ1v) is 7.77. The lowest BCUT2D eigenvalue weighted by Gasteiger charge is -2.09. The Kier molecular flexibility index (Phi) is 3.00. The van der Waals surface area contributed by atoms with Gasteiger partial charge in [-0.3, -0.25) is 9.78 Å². The molecule has 1 aliphatic carbocycles. The van der Waals surface area contributed by atoms with Crippen LogP contribution < -0.4 is 5.56 Å². The molecular weight excluding hydrogens is 305 g/mol. The average Bonchev–Trinajstić information content (AvgIpc) is 3.05. The summed E-state index contributed by atoms with van der Waals surface area (Å²) in [5.41, 5.74) is 2.25. The Morgan fingerprint density at radius 2 is 2.27 bits per heavy atom. The van der Waals surface area contributed by atoms with Crippen LogP contribution in [-0.2, 0) is 6.42 Å². The largest absolute Gasteiger partial charge is 0.288 e. The Labute approximate surface area is 128 Å². The van der Waals surface area contributed by atoms with Crippen LogP contribution in [0.15, 0.2) is 28.2 Å². The quantitative estimate of drug-likeness (QED) is 0.783. The van der Waals surface area contributed by atoms with E-state index in [1.165, 1.54) is 27.9 Å². The van der Waals surface area contributed by atoms with Crippen LogP contribution in [0.25, 0.3) is 5.78 Å². The number of nitrogens with one attached hydrogen (secondary N) is 1. The third kappa shape index (κ3) is 2.10. The predicted molar refractivity (Wildman–Crippen MR) is 79.5 cm³/mol. The van der Waals surface area contributed by atoms with Crippen molar-refractivity contribution in [2.24, 2.45) is 0 Å². The molecule has 1 aliphatic rings. The van der Waals surface area contributed by atoms with Crippen molar-refractivity contribution in [3.05, 3.63) is 51.2 Å². The highest BCUT2D eigenvalue weighted by Gasteiger charge is 2.26. The first-order valence-electron chi connectivity index (χ1n) is 6.89.